The van der Waals surface area contributed by atoms with Gasteiger partial charge in [0.15, 0.2) is 11.5 Å². The molecule has 27 heavy (non-hydrogen) atoms. The molecule has 1 N–H and O–H groups in total. The van der Waals surface area contributed by atoms with Gasteiger partial charge in [-0.2, -0.15) is 0 Å². The van der Waals surface area contributed by atoms with E-state index in [1.807, 2.05) is 24.3 Å². The monoisotopic (exact) mass is 371 g/mol. The summed E-state index contributed by atoms with van der Waals surface area (Å²) in [5.41, 5.74) is 2.49. The molecule has 7 nitrogen and oxygen atoms in total. The topological polar surface area (TPSA) is 72.9 Å². The molecule has 0 atom stereocenters. The number of ether oxygens (including phenoxy) is 3. The van der Waals surface area contributed by atoms with Gasteiger partial charge in [-0.05, 0) is 36.2 Å². The van der Waals surface area contributed by atoms with E-state index < -0.39 is 0 Å². The lowest BCUT2D eigenvalue weighted by atomic mass is 10.1. The Morgan fingerprint density at radius 1 is 1.15 bits per heavy atom. The second kappa shape index (κ2) is 9.23. The van der Waals surface area contributed by atoms with Crippen molar-refractivity contribution in [3.05, 3.63) is 47.8 Å². The van der Waals surface area contributed by atoms with Gasteiger partial charge in [0.05, 0.1) is 39.3 Å². The van der Waals surface area contributed by atoms with Crippen LogP contribution in [0.5, 0.6) is 11.5 Å². The van der Waals surface area contributed by atoms with Crippen molar-refractivity contribution >= 4 is 11.6 Å². The first-order chi connectivity index (χ1) is 13.2. The van der Waals surface area contributed by atoms with Gasteiger partial charge in [-0.1, -0.05) is 6.07 Å². The number of amides is 1. The average molecular weight is 371 g/mol. The summed E-state index contributed by atoms with van der Waals surface area (Å²) in [4.78, 5) is 18.5. The second-order valence-electron chi connectivity index (χ2n) is 6.20. The van der Waals surface area contributed by atoms with E-state index in [-0.39, 0.29) is 5.91 Å². The fraction of sp³-hybridized carbons (Fsp3) is 0.400. The second-order valence-corrected chi connectivity index (χ2v) is 6.20. The zero-order chi connectivity index (χ0) is 19.1. The van der Waals surface area contributed by atoms with Gasteiger partial charge in [-0.25, -0.2) is 4.98 Å². The SMILES string of the molecule is COc1ccc(CCNc2ccc(C(=O)N3CCOCC3)nc2)cc1OC. The molecule has 1 aromatic carbocycles. The zero-order valence-electron chi connectivity index (χ0n) is 15.7. The summed E-state index contributed by atoms with van der Waals surface area (Å²) in [6.07, 6.45) is 2.52. The van der Waals surface area contributed by atoms with Gasteiger partial charge in [0.1, 0.15) is 5.69 Å². The molecule has 1 fully saturated rings. The van der Waals surface area contributed by atoms with Crippen LogP contribution in [0.15, 0.2) is 36.5 Å². The minimum Gasteiger partial charge on any atom is -0.493 e. The number of anilines is 1. The first-order valence-electron chi connectivity index (χ1n) is 8.99. The Labute approximate surface area is 159 Å². The Hall–Kier alpha value is -2.80. The third-order valence-electron chi connectivity index (χ3n) is 4.47. The number of nitrogens with zero attached hydrogens (tertiary/aromatic N) is 2. The maximum Gasteiger partial charge on any atom is 0.272 e. The predicted octanol–water partition coefficient (Wildman–Crippen LogP) is 2.23. The van der Waals surface area contributed by atoms with E-state index in [4.69, 9.17) is 14.2 Å². The lowest BCUT2D eigenvalue weighted by Crippen LogP contribution is -2.41. The number of nitrogens with one attached hydrogen (secondary N) is 1. The molecule has 1 amide bonds. The van der Waals surface area contributed by atoms with Gasteiger partial charge >= 0.3 is 0 Å². The molecular weight excluding hydrogens is 346 g/mol. The van der Waals surface area contributed by atoms with Gasteiger partial charge in [0.2, 0.25) is 0 Å². The molecule has 3 rings (SSSR count). The van der Waals surface area contributed by atoms with Crippen LogP contribution in [0.25, 0.3) is 0 Å². The highest BCUT2D eigenvalue weighted by Crippen LogP contribution is 2.27. The molecule has 144 valence electrons. The van der Waals surface area contributed by atoms with Gasteiger partial charge in [0, 0.05) is 19.6 Å². The third kappa shape index (κ3) is 4.89. The van der Waals surface area contributed by atoms with E-state index in [1.54, 1.807) is 31.4 Å². The highest BCUT2D eigenvalue weighted by Gasteiger charge is 2.19. The number of benzene rings is 1. The van der Waals surface area contributed by atoms with Crippen LogP contribution < -0.4 is 14.8 Å². The molecule has 2 aromatic rings. The number of hydrogen-bond acceptors (Lipinski definition) is 6. The van der Waals surface area contributed by atoms with Crippen molar-refractivity contribution < 1.29 is 19.0 Å². The first kappa shape index (κ1) is 19.0. The van der Waals surface area contributed by atoms with Crippen LogP contribution in [0.2, 0.25) is 0 Å². The average Bonchev–Trinajstić information content (AvgIpc) is 2.74. The van der Waals surface area contributed by atoms with Gasteiger partial charge in [0.25, 0.3) is 5.91 Å². The largest absolute Gasteiger partial charge is 0.493 e. The number of carbonyl (C=O) groups is 1. The molecule has 0 bridgehead atoms. The number of morpholine rings is 1. The van der Waals surface area contributed by atoms with Crippen LogP contribution in [-0.4, -0.2) is 62.9 Å². The minimum atomic E-state index is -0.0461. The highest BCUT2D eigenvalue weighted by molar-refractivity contribution is 5.92. The molecule has 2 heterocycles. The summed E-state index contributed by atoms with van der Waals surface area (Å²) in [6.45, 7) is 3.15. The molecule has 1 saturated heterocycles. The molecular formula is C20H25N3O4. The van der Waals surface area contributed by atoms with E-state index >= 15 is 0 Å². The molecule has 0 radical (unpaired) electrons. The smallest absolute Gasteiger partial charge is 0.272 e. The Kier molecular flexibility index (Phi) is 6.49. The van der Waals surface area contributed by atoms with E-state index in [1.165, 1.54) is 0 Å². The summed E-state index contributed by atoms with van der Waals surface area (Å²) >= 11 is 0. The Balaban J connectivity index is 1.52. The summed E-state index contributed by atoms with van der Waals surface area (Å²) in [5, 5.41) is 3.33. The predicted molar refractivity (Wildman–Crippen MR) is 103 cm³/mol. The molecule has 0 spiro atoms. The minimum absolute atomic E-state index is 0.0461. The maximum absolute atomic E-state index is 12.4. The number of hydrogen-bond donors (Lipinski definition) is 1. The van der Waals surface area contributed by atoms with Crippen molar-refractivity contribution in [1.29, 1.82) is 0 Å². The third-order valence-corrected chi connectivity index (χ3v) is 4.47. The van der Waals surface area contributed by atoms with Crippen molar-refractivity contribution in [3.8, 4) is 11.5 Å². The summed E-state index contributed by atoms with van der Waals surface area (Å²) in [7, 11) is 3.25. The fourth-order valence-electron chi connectivity index (χ4n) is 2.94. The lowest BCUT2D eigenvalue weighted by molar-refractivity contribution is 0.0299. The van der Waals surface area contributed by atoms with Crippen LogP contribution in [-0.2, 0) is 11.2 Å². The van der Waals surface area contributed by atoms with Gasteiger partial charge < -0.3 is 24.4 Å². The molecule has 0 unspecified atom stereocenters. The lowest BCUT2D eigenvalue weighted by Gasteiger charge is -2.26. The van der Waals surface area contributed by atoms with Crippen LogP contribution in [0.3, 0.4) is 0 Å². The van der Waals surface area contributed by atoms with Crippen molar-refractivity contribution in [1.82, 2.24) is 9.88 Å². The first-order valence-corrected chi connectivity index (χ1v) is 8.99. The summed E-state index contributed by atoms with van der Waals surface area (Å²) in [6, 6.07) is 9.54. The van der Waals surface area contributed by atoms with Crippen LogP contribution >= 0.6 is 0 Å². The van der Waals surface area contributed by atoms with E-state index in [0.717, 1.165) is 35.7 Å². The van der Waals surface area contributed by atoms with Crippen LogP contribution in [0.1, 0.15) is 16.1 Å². The van der Waals surface area contributed by atoms with Crippen molar-refractivity contribution in [2.24, 2.45) is 0 Å². The molecule has 1 aliphatic heterocycles. The zero-order valence-corrected chi connectivity index (χ0v) is 15.7. The molecule has 1 aliphatic rings. The number of carbonyl (C=O) groups excluding carboxylic acids is 1. The normalized spacial score (nSPS) is 13.9. The summed E-state index contributed by atoms with van der Waals surface area (Å²) < 4.78 is 15.9. The summed E-state index contributed by atoms with van der Waals surface area (Å²) in [5.74, 6) is 1.40. The Morgan fingerprint density at radius 3 is 2.59 bits per heavy atom. The van der Waals surface area contributed by atoms with Crippen molar-refractivity contribution in [2.75, 3.05) is 52.4 Å². The van der Waals surface area contributed by atoms with Gasteiger partial charge in [-0.15, -0.1) is 0 Å². The van der Waals surface area contributed by atoms with Gasteiger partial charge in [-0.3, -0.25) is 4.79 Å². The number of methoxy groups -OCH3 is 2. The fourth-order valence-corrected chi connectivity index (χ4v) is 2.94. The Bertz CT molecular complexity index is 758. The van der Waals surface area contributed by atoms with E-state index in [9.17, 15) is 4.79 Å². The number of aromatic nitrogens is 1. The van der Waals surface area contributed by atoms with Crippen LogP contribution in [0.4, 0.5) is 5.69 Å². The molecule has 0 saturated carbocycles. The van der Waals surface area contributed by atoms with E-state index in [0.29, 0.717) is 32.0 Å². The highest BCUT2D eigenvalue weighted by atomic mass is 16.5. The number of rotatable bonds is 7. The maximum atomic E-state index is 12.4. The van der Waals surface area contributed by atoms with Crippen molar-refractivity contribution in [3.63, 3.8) is 0 Å². The Morgan fingerprint density at radius 2 is 1.93 bits per heavy atom. The van der Waals surface area contributed by atoms with E-state index in [2.05, 4.69) is 10.3 Å². The molecule has 7 heteroatoms. The number of pyridine rings is 1. The quantitative estimate of drug-likeness (QED) is 0.805. The van der Waals surface area contributed by atoms with Crippen molar-refractivity contribution in [2.45, 2.75) is 6.42 Å². The molecule has 1 aromatic heterocycles. The van der Waals surface area contributed by atoms with Crippen LogP contribution in [0, 0.1) is 0 Å². The molecule has 0 aliphatic carbocycles. The standard InChI is InChI=1S/C20H25N3O4/c1-25-18-6-3-15(13-19(18)26-2)7-8-21-16-4-5-17(22-14-16)20(24)23-9-11-27-12-10-23/h3-6,13-14,21H,7-12H2,1-2H3.